The molecule has 0 saturated heterocycles. The van der Waals surface area contributed by atoms with Crippen molar-refractivity contribution >= 4 is 29.4 Å². The highest BCUT2D eigenvalue weighted by atomic mass is 16.6. The van der Waals surface area contributed by atoms with E-state index >= 15 is 0 Å². The Morgan fingerprint density at radius 1 is 1.00 bits per heavy atom. The molecule has 0 radical (unpaired) electrons. The molecule has 2 atom stereocenters. The van der Waals surface area contributed by atoms with Gasteiger partial charge in [-0.3, -0.25) is 9.63 Å². The molecule has 6 N–H and O–H groups in total. The predicted octanol–water partition coefficient (Wildman–Crippen LogP) is 4.14. The van der Waals surface area contributed by atoms with Crippen molar-refractivity contribution in [1.82, 2.24) is 20.4 Å². The predicted molar refractivity (Wildman–Crippen MR) is 142 cm³/mol. The van der Waals surface area contributed by atoms with Crippen molar-refractivity contribution in [2.45, 2.75) is 70.8 Å². The first-order valence-corrected chi connectivity index (χ1v) is 13.2. The first-order chi connectivity index (χ1) is 17.5. The third-order valence-electron chi connectivity index (χ3n) is 7.29. The Balaban J connectivity index is 1.53. The van der Waals surface area contributed by atoms with Crippen LogP contribution in [0.3, 0.4) is 0 Å². The quantitative estimate of drug-likeness (QED) is 0.307. The van der Waals surface area contributed by atoms with E-state index in [0.717, 1.165) is 43.6 Å². The molecular formula is C26H40N8O2. The zero-order valence-corrected chi connectivity index (χ0v) is 21.5. The number of anilines is 4. The van der Waals surface area contributed by atoms with Crippen molar-refractivity contribution in [3.05, 3.63) is 29.3 Å². The summed E-state index contributed by atoms with van der Waals surface area (Å²) >= 11 is 0. The van der Waals surface area contributed by atoms with Crippen LogP contribution in [0.5, 0.6) is 0 Å². The van der Waals surface area contributed by atoms with Crippen molar-refractivity contribution in [1.29, 1.82) is 0 Å². The van der Waals surface area contributed by atoms with Crippen LogP contribution in [-0.4, -0.2) is 47.1 Å². The summed E-state index contributed by atoms with van der Waals surface area (Å²) < 4.78 is 0. The van der Waals surface area contributed by atoms with Gasteiger partial charge in [0.2, 0.25) is 17.8 Å². The molecule has 0 bridgehead atoms. The highest BCUT2D eigenvalue weighted by molar-refractivity contribution is 5.94. The van der Waals surface area contributed by atoms with Crippen molar-refractivity contribution in [2.24, 2.45) is 17.6 Å². The van der Waals surface area contributed by atoms with E-state index in [9.17, 15) is 4.79 Å². The van der Waals surface area contributed by atoms with E-state index in [2.05, 4.69) is 31.4 Å². The monoisotopic (exact) mass is 496 g/mol. The number of hydrogen-bond acceptors (Lipinski definition) is 9. The molecule has 2 saturated carbocycles. The van der Waals surface area contributed by atoms with Gasteiger partial charge in [-0.2, -0.15) is 15.0 Å². The Morgan fingerprint density at radius 2 is 1.75 bits per heavy atom. The Hall–Kier alpha value is -2.98. The molecule has 2 fully saturated rings. The number of nitrogens with zero attached hydrogens (tertiary/aromatic N) is 3. The van der Waals surface area contributed by atoms with Crippen molar-refractivity contribution in [3.63, 3.8) is 0 Å². The number of aryl methyl sites for hydroxylation is 1. The number of hydroxylamine groups is 1. The maximum absolute atomic E-state index is 12.2. The van der Waals surface area contributed by atoms with Crippen LogP contribution in [-0.2, 0) is 4.84 Å². The van der Waals surface area contributed by atoms with Crippen molar-refractivity contribution < 1.29 is 9.63 Å². The molecule has 2 aromatic rings. The molecule has 36 heavy (non-hydrogen) atoms. The van der Waals surface area contributed by atoms with Crippen LogP contribution in [0.2, 0.25) is 0 Å². The van der Waals surface area contributed by atoms with Crippen LogP contribution in [0.1, 0.15) is 73.7 Å². The van der Waals surface area contributed by atoms with Crippen LogP contribution in [0.4, 0.5) is 23.5 Å². The van der Waals surface area contributed by atoms with E-state index in [4.69, 9.17) is 15.6 Å². The fourth-order valence-electron chi connectivity index (χ4n) is 5.21. The molecular weight excluding hydrogens is 456 g/mol. The van der Waals surface area contributed by atoms with Gasteiger partial charge in [0.15, 0.2) is 0 Å². The molecule has 1 aromatic heterocycles. The number of nitrogens with one attached hydrogen (secondary N) is 4. The fraction of sp³-hybridized carbons (Fsp3) is 0.615. The number of hydrogen-bond donors (Lipinski definition) is 5. The van der Waals surface area contributed by atoms with Crippen LogP contribution in [0.15, 0.2) is 18.2 Å². The van der Waals surface area contributed by atoms with Crippen molar-refractivity contribution in [2.75, 3.05) is 36.1 Å². The fourth-order valence-corrected chi connectivity index (χ4v) is 5.21. The molecule has 1 amide bonds. The summed E-state index contributed by atoms with van der Waals surface area (Å²) in [5.74, 6) is 2.40. The summed E-state index contributed by atoms with van der Waals surface area (Å²) in [7, 11) is 1.41. The van der Waals surface area contributed by atoms with E-state index in [0.29, 0.717) is 41.3 Å². The summed E-state index contributed by atoms with van der Waals surface area (Å²) in [4.78, 5) is 31.0. The molecule has 1 aromatic carbocycles. The van der Waals surface area contributed by atoms with E-state index in [1.54, 1.807) is 12.1 Å². The minimum Gasteiger partial charge on any atom is -0.354 e. The largest absolute Gasteiger partial charge is 0.354 e. The highest BCUT2D eigenvalue weighted by Crippen LogP contribution is 2.29. The Kier molecular flexibility index (Phi) is 9.29. The van der Waals surface area contributed by atoms with Gasteiger partial charge in [0.1, 0.15) is 0 Å². The van der Waals surface area contributed by atoms with Gasteiger partial charge in [-0.05, 0) is 75.1 Å². The Morgan fingerprint density at radius 3 is 2.53 bits per heavy atom. The molecule has 10 nitrogen and oxygen atoms in total. The minimum atomic E-state index is -0.318. The van der Waals surface area contributed by atoms with E-state index < -0.39 is 0 Å². The molecule has 1 heterocycles. The van der Waals surface area contributed by atoms with Crippen molar-refractivity contribution in [3.8, 4) is 0 Å². The number of aromatic nitrogens is 3. The molecule has 4 rings (SSSR count). The SMILES string of the molecule is CONC(=O)c1ccc(C)c(Nc2nc(NCC3CCCC(CN)C3)nc(NC3CCCCC3)n2)c1. The molecule has 0 spiro atoms. The normalized spacial score (nSPS) is 20.5. The molecule has 2 aliphatic carbocycles. The second kappa shape index (κ2) is 12.8. The van der Waals surface area contributed by atoms with Gasteiger partial charge in [0, 0.05) is 23.8 Å². The van der Waals surface area contributed by atoms with E-state index in [1.165, 1.54) is 45.6 Å². The number of carbonyl (C=O) groups excluding carboxylic acids is 1. The smallest absolute Gasteiger partial charge is 0.274 e. The van der Waals surface area contributed by atoms with Gasteiger partial charge in [0.05, 0.1) is 7.11 Å². The van der Waals surface area contributed by atoms with Gasteiger partial charge < -0.3 is 21.7 Å². The van der Waals surface area contributed by atoms with Gasteiger partial charge in [0.25, 0.3) is 5.91 Å². The lowest BCUT2D eigenvalue weighted by molar-refractivity contribution is 0.0537. The number of nitrogens with two attached hydrogens (primary N) is 1. The molecule has 0 aliphatic heterocycles. The molecule has 10 heteroatoms. The first kappa shape index (κ1) is 26.1. The number of carbonyl (C=O) groups is 1. The number of amides is 1. The average molecular weight is 497 g/mol. The number of benzene rings is 1. The Bertz CT molecular complexity index is 1010. The van der Waals surface area contributed by atoms with Crippen LogP contribution in [0.25, 0.3) is 0 Å². The van der Waals surface area contributed by atoms with E-state index in [-0.39, 0.29) is 5.91 Å². The summed E-state index contributed by atoms with van der Waals surface area (Å²) in [5, 5.41) is 10.3. The zero-order chi connectivity index (χ0) is 25.3. The first-order valence-electron chi connectivity index (χ1n) is 13.2. The summed E-state index contributed by atoms with van der Waals surface area (Å²) in [6.45, 7) is 3.54. The van der Waals surface area contributed by atoms with Gasteiger partial charge in [-0.25, -0.2) is 5.48 Å². The third kappa shape index (κ3) is 7.27. The standard InChI is InChI=1S/C26H40N8O2/c1-17-11-12-20(23(35)34-36-2)14-22(17)30-26-32-24(28-16-19-8-6-7-18(13-19)15-27)31-25(33-26)29-21-9-4-3-5-10-21/h11-12,14,18-19,21H,3-10,13,15-16,27H2,1-2H3,(H,34,35)(H3,28,29,30,31,32,33). The van der Waals surface area contributed by atoms with Gasteiger partial charge in [-0.15, -0.1) is 0 Å². The second-order valence-electron chi connectivity index (χ2n) is 10.1. The summed E-state index contributed by atoms with van der Waals surface area (Å²) in [6, 6.07) is 5.77. The average Bonchev–Trinajstić information content (AvgIpc) is 2.89. The maximum Gasteiger partial charge on any atom is 0.274 e. The Labute approximate surface area is 213 Å². The van der Waals surface area contributed by atoms with Gasteiger partial charge in [-0.1, -0.05) is 31.7 Å². The van der Waals surface area contributed by atoms with Gasteiger partial charge >= 0.3 is 0 Å². The van der Waals surface area contributed by atoms with E-state index in [1.807, 2.05) is 13.0 Å². The lowest BCUT2D eigenvalue weighted by Crippen LogP contribution is -2.27. The topological polar surface area (TPSA) is 139 Å². The minimum absolute atomic E-state index is 0.318. The number of rotatable bonds is 10. The third-order valence-corrected chi connectivity index (χ3v) is 7.29. The zero-order valence-electron chi connectivity index (χ0n) is 21.5. The lowest BCUT2D eigenvalue weighted by Gasteiger charge is -2.28. The van der Waals surface area contributed by atoms with Crippen LogP contribution in [0, 0.1) is 18.8 Å². The summed E-state index contributed by atoms with van der Waals surface area (Å²) in [5.41, 5.74) is 10.5. The molecule has 2 unspecified atom stereocenters. The van der Waals surface area contributed by atoms with Crippen LogP contribution >= 0.6 is 0 Å². The highest BCUT2D eigenvalue weighted by Gasteiger charge is 2.22. The molecule has 196 valence electrons. The summed E-state index contributed by atoms with van der Waals surface area (Å²) in [6.07, 6.45) is 10.8. The maximum atomic E-state index is 12.2. The lowest BCUT2D eigenvalue weighted by atomic mass is 9.81. The van der Waals surface area contributed by atoms with Crippen LogP contribution < -0.4 is 27.2 Å². The second-order valence-corrected chi connectivity index (χ2v) is 10.1. The molecule has 2 aliphatic rings.